The second kappa shape index (κ2) is 4.88. The number of piperazine rings is 1. The lowest BCUT2D eigenvalue weighted by atomic mass is 10.2. The second-order valence-corrected chi connectivity index (χ2v) is 5.17. The molecule has 0 aromatic carbocycles. The summed E-state index contributed by atoms with van der Waals surface area (Å²) in [6, 6.07) is 0. The maximum Gasteiger partial charge on any atom is 0.274 e. The molecule has 1 aliphatic rings. The van der Waals surface area contributed by atoms with Gasteiger partial charge in [0.25, 0.3) is 5.91 Å². The summed E-state index contributed by atoms with van der Waals surface area (Å²) in [4.78, 5) is 20.5. The molecule has 2 aromatic rings. The van der Waals surface area contributed by atoms with Gasteiger partial charge in [0.1, 0.15) is 5.69 Å². The summed E-state index contributed by atoms with van der Waals surface area (Å²) >= 11 is 1.61. The van der Waals surface area contributed by atoms with Crippen LogP contribution in [0.3, 0.4) is 0 Å². The van der Waals surface area contributed by atoms with E-state index in [4.69, 9.17) is 5.73 Å². The lowest BCUT2D eigenvalue weighted by molar-refractivity contribution is 0.0742. The van der Waals surface area contributed by atoms with Crippen LogP contribution in [-0.2, 0) is 0 Å². The third-order valence-corrected chi connectivity index (χ3v) is 3.97. The first-order valence-electron chi connectivity index (χ1n) is 5.98. The van der Waals surface area contributed by atoms with E-state index in [-0.39, 0.29) is 5.91 Å². The number of carbonyl (C=O) groups is 1. The maximum absolute atomic E-state index is 12.2. The Morgan fingerprint density at radius 2 is 2.16 bits per heavy atom. The summed E-state index contributed by atoms with van der Waals surface area (Å²) in [6.07, 6.45) is 3.25. The zero-order valence-corrected chi connectivity index (χ0v) is 11.1. The number of anilines is 2. The summed E-state index contributed by atoms with van der Waals surface area (Å²) in [5, 5.41) is 9.39. The van der Waals surface area contributed by atoms with Gasteiger partial charge >= 0.3 is 0 Å². The third-order valence-electron chi connectivity index (χ3n) is 3.14. The highest BCUT2D eigenvalue weighted by atomic mass is 32.1. The van der Waals surface area contributed by atoms with Crippen molar-refractivity contribution < 1.29 is 4.79 Å². The Balaban J connectivity index is 1.64. The number of nitrogens with zero attached hydrogens (tertiary/aromatic N) is 4. The molecule has 1 fully saturated rings. The molecule has 2 aromatic heterocycles. The van der Waals surface area contributed by atoms with Gasteiger partial charge in [0, 0.05) is 37.8 Å². The highest BCUT2D eigenvalue weighted by Crippen LogP contribution is 2.20. The molecule has 19 heavy (non-hydrogen) atoms. The van der Waals surface area contributed by atoms with Crippen LogP contribution in [0.2, 0.25) is 0 Å². The number of nitrogens with two attached hydrogens (primary N) is 1. The first kappa shape index (κ1) is 12.0. The first-order chi connectivity index (χ1) is 9.25. The van der Waals surface area contributed by atoms with Crippen LogP contribution in [-0.4, -0.2) is 52.2 Å². The fourth-order valence-corrected chi connectivity index (χ4v) is 2.79. The average Bonchev–Trinajstić information content (AvgIpc) is 3.09. The van der Waals surface area contributed by atoms with E-state index >= 15 is 0 Å². The normalized spacial score (nSPS) is 15.8. The Hall–Kier alpha value is -2.09. The van der Waals surface area contributed by atoms with Gasteiger partial charge in [-0.25, -0.2) is 4.98 Å². The van der Waals surface area contributed by atoms with Crippen LogP contribution in [0.5, 0.6) is 0 Å². The molecular formula is C11H14N6OS. The number of aromatic amines is 1. The summed E-state index contributed by atoms with van der Waals surface area (Å²) in [5.74, 6) is -0.0891. The van der Waals surface area contributed by atoms with Gasteiger partial charge in [0.05, 0.1) is 11.9 Å². The number of thiazole rings is 1. The van der Waals surface area contributed by atoms with Crippen LogP contribution >= 0.6 is 11.3 Å². The molecule has 0 bridgehead atoms. The van der Waals surface area contributed by atoms with Crippen molar-refractivity contribution in [1.82, 2.24) is 20.1 Å². The van der Waals surface area contributed by atoms with Gasteiger partial charge in [-0.15, -0.1) is 11.3 Å². The van der Waals surface area contributed by atoms with Crippen LogP contribution in [0.4, 0.5) is 10.8 Å². The van der Waals surface area contributed by atoms with Gasteiger partial charge in [-0.2, -0.15) is 5.10 Å². The van der Waals surface area contributed by atoms with Crippen LogP contribution in [0, 0.1) is 0 Å². The molecule has 0 atom stereocenters. The minimum Gasteiger partial charge on any atom is -0.396 e. The van der Waals surface area contributed by atoms with Crippen LogP contribution in [0.1, 0.15) is 10.5 Å². The zero-order valence-electron chi connectivity index (χ0n) is 10.2. The Labute approximate surface area is 114 Å². The Morgan fingerprint density at radius 1 is 1.37 bits per heavy atom. The van der Waals surface area contributed by atoms with E-state index < -0.39 is 0 Å². The predicted octanol–water partition coefficient (Wildman–Crippen LogP) is 0.411. The quantitative estimate of drug-likeness (QED) is 0.830. The van der Waals surface area contributed by atoms with E-state index in [0.29, 0.717) is 24.5 Å². The monoisotopic (exact) mass is 278 g/mol. The van der Waals surface area contributed by atoms with Crippen molar-refractivity contribution in [3.63, 3.8) is 0 Å². The SMILES string of the molecule is Nc1cn[nH]c1C(=O)N1CCN(c2nccs2)CC1. The number of aromatic nitrogens is 3. The van der Waals surface area contributed by atoms with Gasteiger partial charge in [0.2, 0.25) is 0 Å². The van der Waals surface area contributed by atoms with Gasteiger partial charge in [0.15, 0.2) is 5.13 Å². The Morgan fingerprint density at radius 3 is 2.74 bits per heavy atom. The number of hydrogen-bond acceptors (Lipinski definition) is 6. The van der Waals surface area contributed by atoms with Crippen molar-refractivity contribution in [2.45, 2.75) is 0 Å². The molecule has 1 aliphatic heterocycles. The summed E-state index contributed by atoms with van der Waals surface area (Å²) in [7, 11) is 0. The van der Waals surface area contributed by atoms with E-state index in [1.54, 1.807) is 22.4 Å². The highest BCUT2D eigenvalue weighted by Gasteiger charge is 2.25. The molecule has 8 heteroatoms. The van der Waals surface area contributed by atoms with E-state index in [0.717, 1.165) is 18.2 Å². The molecule has 0 unspecified atom stereocenters. The average molecular weight is 278 g/mol. The van der Waals surface area contributed by atoms with E-state index in [2.05, 4.69) is 20.1 Å². The molecular weight excluding hydrogens is 264 g/mol. The van der Waals surface area contributed by atoms with Crippen molar-refractivity contribution in [2.24, 2.45) is 0 Å². The third kappa shape index (κ3) is 2.26. The Kier molecular flexibility index (Phi) is 3.08. The Bertz CT molecular complexity index is 558. The fraction of sp³-hybridized carbons (Fsp3) is 0.364. The molecule has 1 amide bonds. The smallest absolute Gasteiger partial charge is 0.274 e. The van der Waals surface area contributed by atoms with Crippen LogP contribution < -0.4 is 10.6 Å². The topological polar surface area (TPSA) is 91.1 Å². The zero-order chi connectivity index (χ0) is 13.2. The molecule has 7 nitrogen and oxygen atoms in total. The maximum atomic E-state index is 12.2. The minimum absolute atomic E-state index is 0.0891. The molecule has 3 heterocycles. The van der Waals surface area contributed by atoms with E-state index in [1.165, 1.54) is 6.20 Å². The van der Waals surface area contributed by atoms with Crippen molar-refractivity contribution in [3.8, 4) is 0 Å². The van der Waals surface area contributed by atoms with Crippen LogP contribution in [0.15, 0.2) is 17.8 Å². The molecule has 0 radical (unpaired) electrons. The number of H-pyrrole nitrogens is 1. The number of nitrogen functional groups attached to an aromatic ring is 1. The van der Waals surface area contributed by atoms with E-state index in [9.17, 15) is 4.79 Å². The second-order valence-electron chi connectivity index (χ2n) is 4.29. The van der Waals surface area contributed by atoms with Crippen molar-refractivity contribution in [1.29, 1.82) is 0 Å². The largest absolute Gasteiger partial charge is 0.396 e. The number of carbonyl (C=O) groups excluding carboxylic acids is 1. The van der Waals surface area contributed by atoms with Gasteiger partial charge in [-0.1, -0.05) is 0 Å². The first-order valence-corrected chi connectivity index (χ1v) is 6.86. The lowest BCUT2D eigenvalue weighted by Gasteiger charge is -2.34. The van der Waals surface area contributed by atoms with Crippen molar-refractivity contribution in [2.75, 3.05) is 36.8 Å². The molecule has 1 saturated heterocycles. The molecule has 3 rings (SSSR count). The van der Waals surface area contributed by atoms with Crippen molar-refractivity contribution in [3.05, 3.63) is 23.5 Å². The number of nitrogens with one attached hydrogen (secondary N) is 1. The predicted molar refractivity (Wildman–Crippen MR) is 73.2 cm³/mol. The molecule has 3 N–H and O–H groups in total. The lowest BCUT2D eigenvalue weighted by Crippen LogP contribution is -2.49. The molecule has 100 valence electrons. The number of amides is 1. The fourth-order valence-electron chi connectivity index (χ4n) is 2.10. The molecule has 0 aliphatic carbocycles. The highest BCUT2D eigenvalue weighted by molar-refractivity contribution is 7.13. The standard InChI is InChI=1S/C11H14N6OS/c12-8-7-14-15-9(8)10(18)16-2-4-17(5-3-16)11-13-1-6-19-11/h1,6-7H,2-5,12H2,(H,14,15). The van der Waals surface area contributed by atoms with Crippen molar-refractivity contribution >= 4 is 28.1 Å². The minimum atomic E-state index is -0.0891. The summed E-state index contributed by atoms with van der Waals surface area (Å²) < 4.78 is 0. The molecule has 0 spiro atoms. The van der Waals surface area contributed by atoms with Crippen LogP contribution in [0.25, 0.3) is 0 Å². The van der Waals surface area contributed by atoms with Gasteiger partial charge in [-0.3, -0.25) is 9.89 Å². The number of hydrogen-bond donors (Lipinski definition) is 2. The van der Waals surface area contributed by atoms with E-state index in [1.807, 2.05) is 5.38 Å². The van der Waals surface area contributed by atoms with Gasteiger partial charge in [-0.05, 0) is 0 Å². The number of rotatable bonds is 2. The molecule has 0 saturated carbocycles. The van der Waals surface area contributed by atoms with Gasteiger partial charge < -0.3 is 15.5 Å². The summed E-state index contributed by atoms with van der Waals surface area (Å²) in [6.45, 7) is 2.90. The summed E-state index contributed by atoms with van der Waals surface area (Å²) in [5.41, 5.74) is 6.47.